The van der Waals surface area contributed by atoms with Gasteiger partial charge in [-0.15, -0.1) is 0 Å². The summed E-state index contributed by atoms with van der Waals surface area (Å²) >= 11 is 0. The Bertz CT molecular complexity index is 2600. The van der Waals surface area contributed by atoms with Gasteiger partial charge in [-0.1, -0.05) is 166 Å². The first kappa shape index (κ1) is 30.7. The fourth-order valence-corrected chi connectivity index (χ4v) is 10.7. The number of rotatable bonds is 4. The van der Waals surface area contributed by atoms with Crippen LogP contribution in [0.5, 0.6) is 0 Å². The van der Waals surface area contributed by atoms with Gasteiger partial charge in [0, 0.05) is 40.2 Å². The molecule has 0 N–H and O–H groups in total. The molecule has 1 heteroatoms. The minimum Gasteiger partial charge on any atom is -0.311 e. The van der Waals surface area contributed by atoms with Crippen molar-refractivity contribution in [3.05, 3.63) is 227 Å². The zero-order valence-corrected chi connectivity index (χ0v) is 30.2. The average molecular weight is 680 g/mol. The molecule has 254 valence electrons. The van der Waals surface area contributed by atoms with Crippen molar-refractivity contribution in [2.75, 3.05) is 4.90 Å². The van der Waals surface area contributed by atoms with Gasteiger partial charge in [0.05, 0.1) is 5.41 Å². The van der Waals surface area contributed by atoms with Crippen LogP contribution in [0.2, 0.25) is 0 Å². The third-order valence-electron chi connectivity index (χ3n) is 13.1. The standard InChI is InChI=1S/C52H41N/c1-51(2)45-20-10-6-16-39(45)43-30-29-38(33-50(43)51)53(36-14-4-3-5-15-36)37-27-24-34(25-28-37)35-26-31-49-44(32-35)42-19-9-13-23-48(42)52(49)46-21-11-7-17-40(46)41-18-8-12-22-47(41)52/h3-24,26-34,40,46H,25H2,1-2H3. The monoisotopic (exact) mass is 679 g/mol. The number of fused-ring (bicyclic) bond motifs is 13. The van der Waals surface area contributed by atoms with Crippen LogP contribution in [0.15, 0.2) is 188 Å². The molecular weight excluding hydrogens is 639 g/mol. The van der Waals surface area contributed by atoms with Crippen molar-refractivity contribution in [2.45, 2.75) is 42.9 Å². The van der Waals surface area contributed by atoms with E-state index in [2.05, 4.69) is 201 Å². The first-order valence-corrected chi connectivity index (χ1v) is 19.2. The molecule has 11 rings (SSSR count). The predicted molar refractivity (Wildman–Crippen MR) is 220 cm³/mol. The van der Waals surface area contributed by atoms with Crippen LogP contribution in [-0.2, 0) is 10.8 Å². The average Bonchev–Trinajstić information content (AvgIpc) is 3.77. The Morgan fingerprint density at radius 1 is 0.528 bits per heavy atom. The van der Waals surface area contributed by atoms with Gasteiger partial charge in [-0.2, -0.15) is 0 Å². The van der Waals surface area contributed by atoms with E-state index in [0.29, 0.717) is 17.8 Å². The van der Waals surface area contributed by atoms with E-state index in [1.54, 1.807) is 0 Å². The molecule has 0 heterocycles. The molecule has 0 saturated carbocycles. The number of hydrogen-bond donors (Lipinski definition) is 0. The zero-order chi connectivity index (χ0) is 35.3. The molecule has 4 atom stereocenters. The number of allylic oxidation sites excluding steroid dienone is 7. The Morgan fingerprint density at radius 2 is 1.21 bits per heavy atom. The molecule has 0 aromatic heterocycles. The Balaban J connectivity index is 0.968. The second-order valence-corrected chi connectivity index (χ2v) is 16.0. The van der Waals surface area contributed by atoms with Gasteiger partial charge in [-0.3, -0.25) is 0 Å². The highest BCUT2D eigenvalue weighted by molar-refractivity contribution is 5.87. The Hall–Kier alpha value is -5.92. The van der Waals surface area contributed by atoms with Crippen LogP contribution in [0.3, 0.4) is 0 Å². The molecule has 0 saturated heterocycles. The Kier molecular flexibility index (Phi) is 6.54. The van der Waals surface area contributed by atoms with Gasteiger partial charge < -0.3 is 4.90 Å². The third kappa shape index (κ3) is 4.20. The van der Waals surface area contributed by atoms with Crippen LogP contribution >= 0.6 is 0 Å². The lowest BCUT2D eigenvalue weighted by atomic mass is 9.65. The molecule has 5 aliphatic rings. The molecule has 0 aliphatic heterocycles. The highest BCUT2D eigenvalue weighted by Crippen LogP contribution is 2.65. The SMILES string of the molecule is CC1(C)c2ccccc2-c2ccc(N(C3=CCC(c4ccc5c(c4)-c4ccccc4C54c5ccccc5C5C=CC=CC54)C=C3)c3ccccc3)cc21. The van der Waals surface area contributed by atoms with E-state index in [-0.39, 0.29) is 10.8 Å². The van der Waals surface area contributed by atoms with Gasteiger partial charge >= 0.3 is 0 Å². The van der Waals surface area contributed by atoms with Crippen LogP contribution in [0.4, 0.5) is 11.4 Å². The molecule has 6 aromatic rings. The molecule has 6 aromatic carbocycles. The summed E-state index contributed by atoms with van der Waals surface area (Å²) in [6.07, 6.45) is 17.6. The van der Waals surface area contributed by atoms with Crippen LogP contribution in [0, 0.1) is 5.92 Å². The van der Waals surface area contributed by atoms with E-state index in [9.17, 15) is 0 Å². The van der Waals surface area contributed by atoms with Gasteiger partial charge in [-0.25, -0.2) is 0 Å². The van der Waals surface area contributed by atoms with Crippen LogP contribution in [-0.4, -0.2) is 0 Å². The maximum Gasteiger partial charge on any atom is 0.0537 e. The van der Waals surface area contributed by atoms with Crippen LogP contribution in [0.25, 0.3) is 22.3 Å². The molecule has 0 bridgehead atoms. The number of nitrogens with zero attached hydrogens (tertiary/aromatic N) is 1. The minimum atomic E-state index is -0.176. The number of hydrogen-bond acceptors (Lipinski definition) is 1. The lowest BCUT2D eigenvalue weighted by molar-refractivity contribution is 0.465. The number of benzene rings is 6. The smallest absolute Gasteiger partial charge is 0.0537 e. The summed E-state index contributed by atoms with van der Waals surface area (Å²) in [4.78, 5) is 2.44. The van der Waals surface area contributed by atoms with E-state index in [1.807, 2.05) is 0 Å². The lowest BCUT2D eigenvalue weighted by Gasteiger charge is -2.36. The topological polar surface area (TPSA) is 3.24 Å². The van der Waals surface area contributed by atoms with E-state index in [0.717, 1.165) is 6.42 Å². The maximum atomic E-state index is 2.52. The zero-order valence-electron chi connectivity index (χ0n) is 30.2. The fourth-order valence-electron chi connectivity index (χ4n) is 10.7. The van der Waals surface area contributed by atoms with E-state index < -0.39 is 0 Å². The third-order valence-corrected chi connectivity index (χ3v) is 13.1. The molecule has 53 heavy (non-hydrogen) atoms. The van der Waals surface area contributed by atoms with Gasteiger partial charge in [0.1, 0.15) is 0 Å². The molecular formula is C52H41N. The first-order valence-electron chi connectivity index (χ1n) is 19.2. The summed E-state index contributed by atoms with van der Waals surface area (Å²) in [6, 6.07) is 52.6. The van der Waals surface area contributed by atoms with Crippen molar-refractivity contribution in [3.8, 4) is 22.3 Å². The van der Waals surface area contributed by atoms with Crippen molar-refractivity contribution in [1.29, 1.82) is 0 Å². The molecule has 1 nitrogen and oxygen atoms in total. The first-order chi connectivity index (χ1) is 26.0. The molecule has 1 spiro atoms. The highest BCUT2D eigenvalue weighted by atomic mass is 15.1. The maximum absolute atomic E-state index is 2.52. The van der Waals surface area contributed by atoms with Gasteiger partial charge in [0.2, 0.25) is 0 Å². The van der Waals surface area contributed by atoms with Gasteiger partial charge in [-0.05, 0) is 98.0 Å². The number of anilines is 2. The summed E-state index contributed by atoms with van der Waals surface area (Å²) in [5, 5.41) is 0. The predicted octanol–water partition coefficient (Wildman–Crippen LogP) is 12.9. The second-order valence-electron chi connectivity index (χ2n) is 16.0. The molecule has 0 radical (unpaired) electrons. The Morgan fingerprint density at radius 3 is 2.02 bits per heavy atom. The second kappa shape index (κ2) is 11.3. The van der Waals surface area contributed by atoms with Crippen LogP contribution < -0.4 is 4.90 Å². The summed E-state index contributed by atoms with van der Waals surface area (Å²) in [5.41, 5.74) is 18.9. The number of para-hydroxylation sites is 1. The van der Waals surface area contributed by atoms with Crippen molar-refractivity contribution in [3.63, 3.8) is 0 Å². The normalized spacial score (nSPS) is 23.1. The van der Waals surface area contributed by atoms with Crippen LogP contribution in [0.1, 0.15) is 71.0 Å². The van der Waals surface area contributed by atoms with Crippen molar-refractivity contribution >= 4 is 11.4 Å². The summed E-state index contributed by atoms with van der Waals surface area (Å²) in [7, 11) is 0. The van der Waals surface area contributed by atoms with Gasteiger partial charge in [0.25, 0.3) is 0 Å². The molecule has 0 fully saturated rings. The summed E-state index contributed by atoms with van der Waals surface area (Å²) in [5.74, 6) is 1.06. The lowest BCUT2D eigenvalue weighted by Crippen LogP contribution is -2.32. The highest BCUT2D eigenvalue weighted by Gasteiger charge is 2.56. The summed E-state index contributed by atoms with van der Waals surface area (Å²) < 4.78 is 0. The molecule has 4 unspecified atom stereocenters. The Labute approximate surface area is 313 Å². The van der Waals surface area contributed by atoms with E-state index >= 15 is 0 Å². The minimum absolute atomic E-state index is 0.0532. The van der Waals surface area contributed by atoms with Gasteiger partial charge in [0.15, 0.2) is 0 Å². The molecule has 5 aliphatic carbocycles. The summed E-state index contributed by atoms with van der Waals surface area (Å²) in [6.45, 7) is 4.73. The van der Waals surface area contributed by atoms with Crippen molar-refractivity contribution < 1.29 is 0 Å². The quantitative estimate of drug-likeness (QED) is 0.179. The molecule has 0 amide bonds. The van der Waals surface area contributed by atoms with E-state index in [4.69, 9.17) is 0 Å². The van der Waals surface area contributed by atoms with Crippen molar-refractivity contribution in [2.24, 2.45) is 5.92 Å². The fraction of sp³-hybridized carbons (Fsp3) is 0.154. The largest absolute Gasteiger partial charge is 0.311 e. The van der Waals surface area contributed by atoms with E-state index in [1.165, 1.54) is 78.3 Å². The van der Waals surface area contributed by atoms with Crippen molar-refractivity contribution in [1.82, 2.24) is 0 Å².